The van der Waals surface area contributed by atoms with Crippen molar-refractivity contribution in [3.05, 3.63) is 21.4 Å². The maximum absolute atomic E-state index is 8.78. The van der Waals surface area contributed by atoms with Crippen molar-refractivity contribution in [2.24, 2.45) is 5.73 Å². The molecular weight excluding hydrogens is 257 g/mol. The number of halogens is 2. The van der Waals surface area contributed by atoms with Crippen LogP contribution < -0.4 is 11.5 Å². The normalized spacial score (nSPS) is 12.9. The van der Waals surface area contributed by atoms with E-state index in [4.69, 9.17) is 28.2 Å². The summed E-state index contributed by atoms with van der Waals surface area (Å²) in [5, 5.41) is 8.97. The Hall–Kier alpha value is -0.360. The van der Waals surface area contributed by atoms with Gasteiger partial charge in [0.25, 0.3) is 0 Å². The van der Waals surface area contributed by atoms with Crippen molar-refractivity contribution in [1.82, 2.24) is 4.98 Å². The van der Waals surface area contributed by atoms with Crippen molar-refractivity contribution in [3.63, 3.8) is 0 Å². The number of nitrogen functional groups attached to an aromatic ring is 1. The third kappa shape index (κ3) is 2.31. The average molecular weight is 267 g/mol. The quantitative estimate of drug-likeness (QED) is 0.699. The summed E-state index contributed by atoms with van der Waals surface area (Å²) in [5.74, 6) is 0. The second-order valence-corrected chi connectivity index (χ2v) is 3.73. The molecule has 5 N–H and O–H groups in total. The van der Waals surface area contributed by atoms with E-state index in [1.165, 1.54) is 0 Å². The van der Waals surface area contributed by atoms with E-state index in [1.807, 2.05) is 0 Å². The van der Waals surface area contributed by atoms with Gasteiger partial charge in [0.05, 0.1) is 24.0 Å². The molecule has 0 amide bonds. The van der Waals surface area contributed by atoms with E-state index in [2.05, 4.69) is 20.9 Å². The van der Waals surface area contributed by atoms with Crippen LogP contribution >= 0.6 is 27.5 Å². The SMILES string of the molecule is Nc1c(Br)cc(C(N)CO)nc1Cl. The smallest absolute Gasteiger partial charge is 0.153 e. The van der Waals surface area contributed by atoms with Crippen LogP contribution in [0.5, 0.6) is 0 Å². The zero-order valence-electron chi connectivity index (χ0n) is 6.67. The maximum Gasteiger partial charge on any atom is 0.153 e. The molecule has 0 aliphatic rings. The largest absolute Gasteiger partial charge is 0.395 e. The fourth-order valence-electron chi connectivity index (χ4n) is 0.795. The number of rotatable bonds is 2. The van der Waals surface area contributed by atoms with Crippen molar-refractivity contribution < 1.29 is 5.11 Å². The second-order valence-electron chi connectivity index (χ2n) is 2.52. The molecule has 1 unspecified atom stereocenters. The standard InChI is InChI=1S/C7H9BrClN3O/c8-3-1-5(4(10)2-13)12-7(9)6(3)11/h1,4,13H,2,10-11H2. The van der Waals surface area contributed by atoms with Gasteiger partial charge in [-0.15, -0.1) is 0 Å². The molecule has 72 valence electrons. The van der Waals surface area contributed by atoms with Crippen LogP contribution in [-0.4, -0.2) is 16.7 Å². The molecule has 1 aromatic rings. The number of nitrogens with zero attached hydrogens (tertiary/aromatic N) is 1. The molecule has 0 spiro atoms. The molecule has 0 aliphatic carbocycles. The van der Waals surface area contributed by atoms with Crippen LogP contribution in [0.25, 0.3) is 0 Å². The Morgan fingerprint density at radius 2 is 2.31 bits per heavy atom. The number of aromatic nitrogens is 1. The number of hydrogen-bond donors (Lipinski definition) is 3. The maximum atomic E-state index is 8.78. The minimum absolute atomic E-state index is 0.181. The lowest BCUT2D eigenvalue weighted by atomic mass is 10.2. The molecule has 1 atom stereocenters. The van der Waals surface area contributed by atoms with Crippen molar-refractivity contribution in [3.8, 4) is 0 Å². The molecule has 0 saturated heterocycles. The summed E-state index contributed by atoms with van der Waals surface area (Å²) in [4.78, 5) is 3.93. The molecule has 0 radical (unpaired) electrons. The van der Waals surface area contributed by atoms with Gasteiger partial charge in [-0.1, -0.05) is 11.6 Å². The first-order valence-electron chi connectivity index (χ1n) is 3.54. The minimum Gasteiger partial charge on any atom is -0.395 e. The van der Waals surface area contributed by atoms with Crippen molar-refractivity contribution in [1.29, 1.82) is 0 Å². The lowest BCUT2D eigenvalue weighted by Crippen LogP contribution is -2.16. The number of aliphatic hydroxyl groups excluding tert-OH is 1. The van der Waals surface area contributed by atoms with Gasteiger partial charge in [-0.2, -0.15) is 0 Å². The zero-order chi connectivity index (χ0) is 10.0. The summed E-state index contributed by atoms with van der Waals surface area (Å²) in [5.41, 5.74) is 12.0. The summed E-state index contributed by atoms with van der Waals surface area (Å²) < 4.78 is 0.631. The fraction of sp³-hybridized carbons (Fsp3) is 0.286. The van der Waals surface area contributed by atoms with Gasteiger partial charge in [0, 0.05) is 4.47 Å². The summed E-state index contributed by atoms with van der Waals surface area (Å²) in [6, 6.07) is 1.11. The van der Waals surface area contributed by atoms with E-state index in [9.17, 15) is 0 Å². The molecule has 0 aliphatic heterocycles. The molecular formula is C7H9BrClN3O. The first-order chi connectivity index (χ1) is 6.06. The van der Waals surface area contributed by atoms with Crippen molar-refractivity contribution in [2.45, 2.75) is 6.04 Å². The molecule has 4 nitrogen and oxygen atoms in total. The highest BCUT2D eigenvalue weighted by molar-refractivity contribution is 9.10. The topological polar surface area (TPSA) is 85.2 Å². The van der Waals surface area contributed by atoms with Crippen LogP contribution in [0, 0.1) is 0 Å². The Labute approximate surface area is 89.0 Å². The van der Waals surface area contributed by atoms with Crippen molar-refractivity contribution in [2.75, 3.05) is 12.3 Å². The average Bonchev–Trinajstić information content (AvgIpc) is 2.12. The third-order valence-corrected chi connectivity index (χ3v) is 2.50. The Balaban J connectivity index is 3.13. The fourth-order valence-corrected chi connectivity index (χ4v) is 1.53. The van der Waals surface area contributed by atoms with Crippen molar-refractivity contribution >= 4 is 33.2 Å². The molecule has 1 heterocycles. The Morgan fingerprint density at radius 1 is 1.69 bits per heavy atom. The van der Waals surface area contributed by atoms with Crippen LogP contribution in [-0.2, 0) is 0 Å². The molecule has 0 bridgehead atoms. The highest BCUT2D eigenvalue weighted by Crippen LogP contribution is 2.27. The molecule has 6 heteroatoms. The number of pyridine rings is 1. The number of aliphatic hydroxyl groups is 1. The van der Waals surface area contributed by atoms with Gasteiger partial charge < -0.3 is 16.6 Å². The van der Waals surface area contributed by atoms with Crippen LogP contribution in [0.3, 0.4) is 0 Å². The van der Waals surface area contributed by atoms with E-state index in [0.717, 1.165) is 0 Å². The molecule has 0 aromatic carbocycles. The van der Waals surface area contributed by atoms with Crippen LogP contribution in [0.4, 0.5) is 5.69 Å². The molecule has 0 saturated carbocycles. The van der Waals surface area contributed by atoms with Crippen LogP contribution in [0.2, 0.25) is 5.15 Å². The first kappa shape index (κ1) is 10.7. The highest BCUT2D eigenvalue weighted by atomic mass is 79.9. The number of anilines is 1. The first-order valence-corrected chi connectivity index (χ1v) is 4.71. The summed E-state index contributed by atoms with van der Waals surface area (Å²) in [6.45, 7) is -0.181. The highest BCUT2D eigenvalue weighted by Gasteiger charge is 2.11. The molecule has 0 fully saturated rings. The van der Waals surface area contributed by atoms with Gasteiger partial charge in [-0.25, -0.2) is 4.98 Å². The van der Waals surface area contributed by atoms with Crippen LogP contribution in [0.1, 0.15) is 11.7 Å². The Kier molecular flexibility index (Phi) is 3.49. The minimum atomic E-state index is -0.533. The van der Waals surface area contributed by atoms with Gasteiger partial charge in [0.15, 0.2) is 5.15 Å². The van der Waals surface area contributed by atoms with Gasteiger partial charge >= 0.3 is 0 Å². The van der Waals surface area contributed by atoms with Gasteiger partial charge in [-0.3, -0.25) is 0 Å². The lowest BCUT2D eigenvalue weighted by molar-refractivity contribution is 0.266. The summed E-state index contributed by atoms with van der Waals surface area (Å²) >= 11 is 8.92. The predicted molar refractivity (Wildman–Crippen MR) is 55.4 cm³/mol. The Morgan fingerprint density at radius 3 is 2.77 bits per heavy atom. The number of nitrogens with two attached hydrogens (primary N) is 2. The van der Waals surface area contributed by atoms with E-state index < -0.39 is 6.04 Å². The third-order valence-electron chi connectivity index (χ3n) is 1.56. The molecule has 1 aromatic heterocycles. The summed E-state index contributed by atoms with van der Waals surface area (Å²) in [7, 11) is 0. The van der Waals surface area contributed by atoms with E-state index in [1.54, 1.807) is 6.07 Å². The zero-order valence-corrected chi connectivity index (χ0v) is 9.01. The number of hydrogen-bond acceptors (Lipinski definition) is 4. The lowest BCUT2D eigenvalue weighted by Gasteiger charge is -2.09. The van der Waals surface area contributed by atoms with E-state index >= 15 is 0 Å². The van der Waals surface area contributed by atoms with Gasteiger partial charge in [0.1, 0.15) is 0 Å². The monoisotopic (exact) mass is 265 g/mol. The van der Waals surface area contributed by atoms with Crippen LogP contribution in [0.15, 0.2) is 10.5 Å². The molecule has 1 rings (SSSR count). The van der Waals surface area contributed by atoms with Gasteiger partial charge in [0.2, 0.25) is 0 Å². The molecule has 13 heavy (non-hydrogen) atoms. The van der Waals surface area contributed by atoms with E-state index in [0.29, 0.717) is 15.9 Å². The summed E-state index contributed by atoms with van der Waals surface area (Å²) in [6.07, 6.45) is 0. The second kappa shape index (κ2) is 4.23. The van der Waals surface area contributed by atoms with Gasteiger partial charge in [-0.05, 0) is 22.0 Å². The van der Waals surface area contributed by atoms with E-state index in [-0.39, 0.29) is 11.8 Å². The predicted octanol–water partition coefficient (Wildman–Crippen LogP) is 1.07. The Bertz CT molecular complexity index is 298.